The summed E-state index contributed by atoms with van der Waals surface area (Å²) in [6, 6.07) is 16.3. The second-order valence-electron chi connectivity index (χ2n) is 6.91. The number of sulfone groups is 1. The third-order valence-corrected chi connectivity index (χ3v) is 6.90. The van der Waals surface area contributed by atoms with E-state index in [4.69, 9.17) is 10.5 Å². The normalized spacial score (nSPS) is 14.6. The maximum absolute atomic E-state index is 12.9. The van der Waals surface area contributed by atoms with Gasteiger partial charge in [0.25, 0.3) is 0 Å². The van der Waals surface area contributed by atoms with Crippen LogP contribution in [0.3, 0.4) is 0 Å². The Morgan fingerprint density at radius 3 is 2.17 bits per heavy atom. The van der Waals surface area contributed by atoms with E-state index in [0.29, 0.717) is 11.7 Å². The lowest BCUT2D eigenvalue weighted by atomic mass is 10.2. The van der Waals surface area contributed by atoms with Crippen LogP contribution in [-0.2, 0) is 9.84 Å². The summed E-state index contributed by atoms with van der Waals surface area (Å²) in [6.07, 6.45) is 1.29. The molecular formula is C21H23N5O3S. The number of rotatable bonds is 5. The van der Waals surface area contributed by atoms with E-state index >= 15 is 0 Å². The van der Waals surface area contributed by atoms with Gasteiger partial charge in [-0.3, -0.25) is 0 Å². The van der Waals surface area contributed by atoms with Gasteiger partial charge in [-0.05, 0) is 36.4 Å². The van der Waals surface area contributed by atoms with Crippen LogP contribution in [0.2, 0.25) is 0 Å². The van der Waals surface area contributed by atoms with Crippen molar-refractivity contribution in [2.24, 2.45) is 0 Å². The standard InChI is InChI=1S/C21H23N5O3S/c1-29-17-7-9-18(10-8-17)30(27,28)19-15-23-21(24-20(19)22)26-13-11-25(12-14-26)16-5-3-2-4-6-16/h2-10,15H,11-14H2,1H3,(H2,22,23,24). The van der Waals surface area contributed by atoms with Crippen molar-refractivity contribution in [3.8, 4) is 5.75 Å². The van der Waals surface area contributed by atoms with Gasteiger partial charge in [-0.25, -0.2) is 13.4 Å². The van der Waals surface area contributed by atoms with E-state index < -0.39 is 9.84 Å². The van der Waals surface area contributed by atoms with Crippen LogP contribution >= 0.6 is 0 Å². The lowest BCUT2D eigenvalue weighted by Crippen LogP contribution is -2.47. The topological polar surface area (TPSA) is 102 Å². The quantitative estimate of drug-likeness (QED) is 0.664. The summed E-state index contributed by atoms with van der Waals surface area (Å²) in [5.41, 5.74) is 7.21. The first-order chi connectivity index (χ1) is 14.5. The number of anilines is 3. The fourth-order valence-corrected chi connectivity index (χ4v) is 4.68. The number of para-hydroxylation sites is 1. The molecule has 2 N–H and O–H groups in total. The molecule has 1 aromatic heterocycles. The number of aromatic nitrogens is 2. The predicted octanol–water partition coefficient (Wildman–Crippen LogP) is 2.23. The molecule has 4 rings (SSSR count). The Kier molecular flexibility index (Phi) is 5.45. The second-order valence-corrected chi connectivity index (χ2v) is 8.83. The van der Waals surface area contributed by atoms with Crippen molar-refractivity contribution in [2.45, 2.75) is 9.79 Å². The molecule has 0 amide bonds. The molecule has 1 fully saturated rings. The maximum Gasteiger partial charge on any atom is 0.227 e. The molecule has 2 aromatic carbocycles. The minimum Gasteiger partial charge on any atom is -0.497 e. The van der Waals surface area contributed by atoms with Crippen LogP contribution in [0.5, 0.6) is 5.75 Å². The fourth-order valence-electron chi connectivity index (χ4n) is 3.42. The molecule has 3 aromatic rings. The van der Waals surface area contributed by atoms with Gasteiger partial charge in [0.2, 0.25) is 15.8 Å². The third kappa shape index (κ3) is 3.88. The van der Waals surface area contributed by atoms with E-state index in [1.54, 1.807) is 12.1 Å². The average molecular weight is 426 g/mol. The zero-order valence-corrected chi connectivity index (χ0v) is 17.4. The Bertz CT molecular complexity index is 1110. The summed E-state index contributed by atoms with van der Waals surface area (Å²) >= 11 is 0. The number of nitrogen functional groups attached to an aromatic ring is 1. The van der Waals surface area contributed by atoms with Gasteiger partial charge in [-0.15, -0.1) is 0 Å². The molecule has 1 aliphatic rings. The summed E-state index contributed by atoms with van der Waals surface area (Å²) < 4.78 is 30.9. The van der Waals surface area contributed by atoms with Crippen LogP contribution in [0, 0.1) is 0 Å². The first kappa shape index (κ1) is 20.0. The molecule has 156 valence electrons. The van der Waals surface area contributed by atoms with Crippen LogP contribution in [0.4, 0.5) is 17.5 Å². The van der Waals surface area contributed by atoms with E-state index in [1.807, 2.05) is 23.1 Å². The van der Waals surface area contributed by atoms with Gasteiger partial charge in [0.05, 0.1) is 18.2 Å². The maximum atomic E-state index is 12.9. The Balaban J connectivity index is 1.51. The molecule has 0 radical (unpaired) electrons. The zero-order chi connectivity index (χ0) is 21.1. The number of benzene rings is 2. The minimum absolute atomic E-state index is 0.0543. The molecule has 0 unspecified atom stereocenters. The Morgan fingerprint density at radius 1 is 0.933 bits per heavy atom. The first-order valence-electron chi connectivity index (χ1n) is 9.55. The molecule has 0 spiro atoms. The van der Waals surface area contributed by atoms with Crippen molar-refractivity contribution in [3.63, 3.8) is 0 Å². The van der Waals surface area contributed by atoms with Gasteiger partial charge in [-0.2, -0.15) is 4.98 Å². The highest BCUT2D eigenvalue weighted by Crippen LogP contribution is 2.27. The molecule has 30 heavy (non-hydrogen) atoms. The predicted molar refractivity (Wildman–Crippen MR) is 116 cm³/mol. The number of nitrogens with two attached hydrogens (primary N) is 1. The second kappa shape index (κ2) is 8.19. The zero-order valence-electron chi connectivity index (χ0n) is 16.6. The van der Waals surface area contributed by atoms with Crippen LogP contribution in [-0.4, -0.2) is 51.7 Å². The van der Waals surface area contributed by atoms with Crippen molar-refractivity contribution in [1.29, 1.82) is 0 Å². The minimum atomic E-state index is -3.82. The molecular weight excluding hydrogens is 402 g/mol. The lowest BCUT2D eigenvalue weighted by Gasteiger charge is -2.36. The van der Waals surface area contributed by atoms with Crippen molar-refractivity contribution in [2.75, 3.05) is 48.8 Å². The monoisotopic (exact) mass is 425 g/mol. The van der Waals surface area contributed by atoms with Gasteiger partial charge >= 0.3 is 0 Å². The molecule has 0 bridgehead atoms. The van der Waals surface area contributed by atoms with Crippen LogP contribution < -0.4 is 20.3 Å². The summed E-state index contributed by atoms with van der Waals surface area (Å²) in [7, 11) is -2.30. The number of nitrogens with zero attached hydrogens (tertiary/aromatic N) is 4. The first-order valence-corrected chi connectivity index (χ1v) is 11.0. The Hall–Kier alpha value is -3.33. The van der Waals surface area contributed by atoms with Crippen molar-refractivity contribution in [1.82, 2.24) is 9.97 Å². The van der Waals surface area contributed by atoms with E-state index in [2.05, 4.69) is 27.0 Å². The Morgan fingerprint density at radius 2 is 1.57 bits per heavy atom. The van der Waals surface area contributed by atoms with Crippen LogP contribution in [0.1, 0.15) is 0 Å². The molecule has 0 aliphatic carbocycles. The number of hydrogen-bond acceptors (Lipinski definition) is 8. The van der Waals surface area contributed by atoms with Crippen molar-refractivity contribution < 1.29 is 13.2 Å². The van der Waals surface area contributed by atoms with E-state index in [0.717, 1.165) is 26.2 Å². The summed E-state index contributed by atoms with van der Waals surface area (Å²) in [6.45, 7) is 3.08. The molecule has 9 heteroatoms. The summed E-state index contributed by atoms with van der Waals surface area (Å²) in [4.78, 5) is 12.9. The van der Waals surface area contributed by atoms with Gasteiger partial charge in [-0.1, -0.05) is 18.2 Å². The fraction of sp³-hybridized carbons (Fsp3) is 0.238. The van der Waals surface area contributed by atoms with Crippen molar-refractivity contribution in [3.05, 3.63) is 60.8 Å². The smallest absolute Gasteiger partial charge is 0.227 e. The molecule has 8 nitrogen and oxygen atoms in total. The van der Waals surface area contributed by atoms with Gasteiger partial charge in [0, 0.05) is 31.9 Å². The molecule has 1 saturated heterocycles. The highest BCUT2D eigenvalue weighted by molar-refractivity contribution is 7.91. The highest BCUT2D eigenvalue weighted by Gasteiger charge is 2.25. The SMILES string of the molecule is COc1ccc(S(=O)(=O)c2cnc(N3CCN(c4ccccc4)CC3)nc2N)cc1. The number of piperazine rings is 1. The lowest BCUT2D eigenvalue weighted by molar-refractivity contribution is 0.414. The molecule has 1 aliphatic heterocycles. The number of methoxy groups -OCH3 is 1. The van der Waals surface area contributed by atoms with Gasteiger partial charge < -0.3 is 20.3 Å². The van der Waals surface area contributed by atoms with E-state index in [-0.39, 0.29) is 15.6 Å². The highest BCUT2D eigenvalue weighted by atomic mass is 32.2. The number of ether oxygens (including phenoxy) is 1. The third-order valence-electron chi connectivity index (χ3n) is 5.11. The average Bonchev–Trinajstić information content (AvgIpc) is 2.79. The van der Waals surface area contributed by atoms with Gasteiger partial charge in [0.15, 0.2) is 0 Å². The van der Waals surface area contributed by atoms with Crippen LogP contribution in [0.25, 0.3) is 0 Å². The number of hydrogen-bond donors (Lipinski definition) is 1. The van der Waals surface area contributed by atoms with Crippen LogP contribution in [0.15, 0.2) is 70.6 Å². The molecule has 0 saturated carbocycles. The van der Waals surface area contributed by atoms with E-state index in [1.165, 1.54) is 31.1 Å². The summed E-state index contributed by atoms with van der Waals surface area (Å²) in [5, 5.41) is 0. The molecule has 0 atom stereocenters. The van der Waals surface area contributed by atoms with E-state index in [9.17, 15) is 8.42 Å². The largest absolute Gasteiger partial charge is 0.497 e. The summed E-state index contributed by atoms with van der Waals surface area (Å²) in [5.74, 6) is 0.957. The van der Waals surface area contributed by atoms with Gasteiger partial charge in [0.1, 0.15) is 16.5 Å². The Labute approximate surface area is 175 Å². The molecule has 2 heterocycles. The van der Waals surface area contributed by atoms with Crippen molar-refractivity contribution >= 4 is 27.3 Å².